The van der Waals surface area contributed by atoms with Crippen molar-refractivity contribution in [3.63, 3.8) is 0 Å². The predicted molar refractivity (Wildman–Crippen MR) is 101 cm³/mol. The summed E-state index contributed by atoms with van der Waals surface area (Å²) in [7, 11) is 4.19. The van der Waals surface area contributed by atoms with Crippen LogP contribution in [-0.2, 0) is 6.54 Å². The van der Waals surface area contributed by atoms with Crippen molar-refractivity contribution >= 4 is 11.4 Å². The lowest BCUT2D eigenvalue weighted by atomic mass is 9.80. The zero-order valence-corrected chi connectivity index (χ0v) is 15.0. The number of likely N-dealkylation sites (N-methyl/N-ethyl adjacent to an activating group) is 1. The molecule has 1 aliphatic carbocycles. The molecule has 2 N–H and O–H groups in total. The van der Waals surface area contributed by atoms with Gasteiger partial charge in [0.1, 0.15) is 11.4 Å². The Hall–Kier alpha value is -2.21. The second-order valence-electron chi connectivity index (χ2n) is 7.15. The minimum Gasteiger partial charge on any atom is -0.378 e. The van der Waals surface area contributed by atoms with Gasteiger partial charge in [0.2, 0.25) is 0 Å². The summed E-state index contributed by atoms with van der Waals surface area (Å²) in [4.78, 5) is 30.2. The van der Waals surface area contributed by atoms with Gasteiger partial charge >= 0.3 is 0 Å². The lowest BCUT2D eigenvalue weighted by molar-refractivity contribution is 0.113. The first-order valence-electron chi connectivity index (χ1n) is 8.91. The summed E-state index contributed by atoms with van der Waals surface area (Å²) < 4.78 is 0. The highest BCUT2D eigenvalue weighted by Gasteiger charge is 2.35. The van der Waals surface area contributed by atoms with Gasteiger partial charge in [0.05, 0.1) is 0 Å². The van der Waals surface area contributed by atoms with E-state index in [9.17, 15) is 9.59 Å². The van der Waals surface area contributed by atoms with E-state index in [0.717, 1.165) is 18.4 Å². The number of rotatable bonds is 7. The van der Waals surface area contributed by atoms with Crippen LogP contribution in [-0.4, -0.2) is 36.1 Å². The fourth-order valence-electron chi connectivity index (χ4n) is 3.66. The fourth-order valence-corrected chi connectivity index (χ4v) is 3.66. The summed E-state index contributed by atoms with van der Waals surface area (Å²) in [5, 5.41) is 6.37. The first kappa shape index (κ1) is 17.6. The Morgan fingerprint density at radius 1 is 1.00 bits per heavy atom. The van der Waals surface area contributed by atoms with Gasteiger partial charge in [-0.05, 0) is 44.6 Å². The van der Waals surface area contributed by atoms with Crippen LogP contribution >= 0.6 is 0 Å². The zero-order chi connectivity index (χ0) is 17.9. The van der Waals surface area contributed by atoms with Gasteiger partial charge in [0, 0.05) is 31.0 Å². The van der Waals surface area contributed by atoms with Gasteiger partial charge in [-0.25, -0.2) is 0 Å². The summed E-state index contributed by atoms with van der Waals surface area (Å²) in [5.41, 5.74) is 1.07. The molecule has 6 heteroatoms. The average molecular weight is 342 g/mol. The van der Waals surface area contributed by atoms with Gasteiger partial charge in [-0.15, -0.1) is 0 Å². The highest BCUT2D eigenvalue weighted by Crippen LogP contribution is 2.32. The molecule has 1 saturated carbocycles. The smallest absolute Gasteiger partial charge is 0.253 e. The molecule has 1 aromatic heterocycles. The number of pyridine rings is 1. The van der Waals surface area contributed by atoms with Crippen LogP contribution < -0.4 is 21.5 Å². The topological polar surface area (TPSA) is 74.3 Å². The molecule has 0 atom stereocenters. The molecular weight excluding hydrogens is 316 g/mol. The van der Waals surface area contributed by atoms with E-state index in [4.69, 9.17) is 0 Å². The molecule has 0 aliphatic heterocycles. The third-order valence-corrected chi connectivity index (χ3v) is 5.46. The molecule has 6 nitrogen and oxygen atoms in total. The summed E-state index contributed by atoms with van der Waals surface area (Å²) in [6.45, 7) is 1.19. The third-order valence-electron chi connectivity index (χ3n) is 5.46. The van der Waals surface area contributed by atoms with Crippen molar-refractivity contribution in [1.29, 1.82) is 0 Å². The lowest BCUT2D eigenvalue weighted by Crippen LogP contribution is -2.52. The molecule has 1 heterocycles. The maximum atomic E-state index is 12.0. The molecule has 0 radical (unpaired) electrons. The normalized spacial score (nSPS) is 16.9. The first-order valence-corrected chi connectivity index (χ1v) is 8.91. The molecule has 1 fully saturated rings. The maximum Gasteiger partial charge on any atom is 0.253 e. The van der Waals surface area contributed by atoms with Crippen molar-refractivity contribution in [1.82, 2.24) is 9.88 Å². The highest BCUT2D eigenvalue weighted by atomic mass is 16.2. The largest absolute Gasteiger partial charge is 0.378 e. The Bertz CT molecular complexity index is 772. The predicted octanol–water partition coefficient (Wildman–Crippen LogP) is 1.97. The van der Waals surface area contributed by atoms with Crippen LogP contribution in [0.1, 0.15) is 37.7 Å². The number of nitrogens with zero attached hydrogens (tertiary/aromatic N) is 2. The summed E-state index contributed by atoms with van der Waals surface area (Å²) in [6, 6.07) is 3.77. The molecule has 0 bridgehead atoms. The van der Waals surface area contributed by atoms with E-state index in [-0.39, 0.29) is 5.54 Å². The van der Waals surface area contributed by atoms with E-state index in [1.807, 2.05) is 12.1 Å². The quantitative estimate of drug-likeness (QED) is 0.750. The van der Waals surface area contributed by atoms with E-state index in [2.05, 4.69) is 34.6 Å². The number of anilines is 2. The van der Waals surface area contributed by atoms with E-state index < -0.39 is 10.9 Å². The molecule has 1 aliphatic rings. The van der Waals surface area contributed by atoms with Crippen LogP contribution in [0, 0.1) is 0 Å². The van der Waals surface area contributed by atoms with E-state index >= 15 is 0 Å². The Kier molecular flexibility index (Phi) is 5.18. The molecular formula is C19H26N4O2. The molecule has 0 saturated heterocycles. The van der Waals surface area contributed by atoms with Crippen LogP contribution in [0.2, 0.25) is 0 Å². The van der Waals surface area contributed by atoms with Crippen molar-refractivity contribution in [3.8, 4) is 0 Å². The van der Waals surface area contributed by atoms with E-state index in [1.165, 1.54) is 19.3 Å². The number of hydrogen-bond donors (Lipinski definition) is 2. The summed E-state index contributed by atoms with van der Waals surface area (Å²) >= 11 is 0. The Balaban J connectivity index is 1.68. The summed E-state index contributed by atoms with van der Waals surface area (Å²) in [5.74, 6) is 0. The van der Waals surface area contributed by atoms with Gasteiger partial charge in [-0.1, -0.05) is 19.3 Å². The molecule has 0 amide bonds. The van der Waals surface area contributed by atoms with Gasteiger partial charge in [-0.3, -0.25) is 14.6 Å². The average Bonchev–Trinajstić information content (AvgIpc) is 2.65. The molecule has 3 rings (SSSR count). The van der Waals surface area contributed by atoms with Crippen LogP contribution in [0.4, 0.5) is 11.4 Å². The minimum atomic E-state index is -0.431. The van der Waals surface area contributed by atoms with Crippen molar-refractivity contribution < 1.29 is 0 Å². The van der Waals surface area contributed by atoms with Crippen molar-refractivity contribution in [2.45, 2.75) is 44.2 Å². The Labute approximate surface area is 148 Å². The van der Waals surface area contributed by atoms with Gasteiger partial charge in [-0.2, -0.15) is 0 Å². The van der Waals surface area contributed by atoms with Gasteiger partial charge in [0.15, 0.2) is 0 Å². The monoisotopic (exact) mass is 342 g/mol. The molecule has 0 unspecified atom stereocenters. The Morgan fingerprint density at radius 2 is 1.60 bits per heavy atom. The fraction of sp³-hybridized carbons (Fsp3) is 0.526. The van der Waals surface area contributed by atoms with Crippen LogP contribution in [0.15, 0.2) is 34.1 Å². The SMILES string of the molecule is CN(C)C1(CNc2c(NCc3ccncc3)c(=O)c2=O)CCCCC1. The highest BCUT2D eigenvalue weighted by molar-refractivity contribution is 5.74. The molecule has 2 aromatic rings. The second kappa shape index (κ2) is 7.35. The second-order valence-corrected chi connectivity index (χ2v) is 7.15. The number of hydrogen-bond acceptors (Lipinski definition) is 6. The van der Waals surface area contributed by atoms with E-state index in [1.54, 1.807) is 12.4 Å². The third kappa shape index (κ3) is 3.58. The lowest BCUT2D eigenvalue weighted by Gasteiger charge is -2.43. The van der Waals surface area contributed by atoms with Crippen LogP contribution in [0.5, 0.6) is 0 Å². The number of nitrogens with one attached hydrogen (secondary N) is 2. The molecule has 0 spiro atoms. The molecule has 25 heavy (non-hydrogen) atoms. The Morgan fingerprint density at radius 3 is 2.20 bits per heavy atom. The first-order chi connectivity index (χ1) is 12.0. The van der Waals surface area contributed by atoms with Gasteiger partial charge < -0.3 is 15.5 Å². The van der Waals surface area contributed by atoms with Crippen LogP contribution in [0.25, 0.3) is 0 Å². The zero-order valence-electron chi connectivity index (χ0n) is 15.0. The number of aromatic nitrogens is 1. The molecule has 1 aromatic carbocycles. The van der Waals surface area contributed by atoms with Crippen molar-refractivity contribution in [2.75, 3.05) is 31.3 Å². The van der Waals surface area contributed by atoms with E-state index in [0.29, 0.717) is 24.5 Å². The van der Waals surface area contributed by atoms with Crippen LogP contribution in [0.3, 0.4) is 0 Å². The molecule has 134 valence electrons. The summed E-state index contributed by atoms with van der Waals surface area (Å²) in [6.07, 6.45) is 9.33. The van der Waals surface area contributed by atoms with Gasteiger partial charge in [0.25, 0.3) is 10.9 Å². The van der Waals surface area contributed by atoms with Crippen molar-refractivity contribution in [2.24, 2.45) is 0 Å². The van der Waals surface area contributed by atoms with Crippen molar-refractivity contribution in [3.05, 3.63) is 50.5 Å². The maximum absolute atomic E-state index is 12.0. The standard InChI is InChI=1S/C19H26N4O2/c1-23(2)19(8-4-3-5-9-19)13-22-16-15(17(24)18(16)25)21-12-14-6-10-20-11-7-14/h6-7,10-11,21-22H,3-5,8-9,12-13H2,1-2H3. The minimum absolute atomic E-state index is 0.0559.